The lowest BCUT2D eigenvalue weighted by Crippen LogP contribution is -2.19. The van der Waals surface area contributed by atoms with Gasteiger partial charge >= 0.3 is 0 Å². The van der Waals surface area contributed by atoms with E-state index in [1.807, 2.05) is 24.7 Å². The molecule has 2 N–H and O–H groups in total. The Hall–Kier alpha value is -0.680. The van der Waals surface area contributed by atoms with Crippen LogP contribution in [0, 0.1) is 0 Å². The number of nitrogens with two attached hydrogens (primary N) is 1. The van der Waals surface area contributed by atoms with Gasteiger partial charge in [-0.2, -0.15) is 0 Å². The van der Waals surface area contributed by atoms with Crippen molar-refractivity contribution in [1.29, 1.82) is 0 Å². The van der Waals surface area contributed by atoms with Crippen molar-refractivity contribution in [2.75, 3.05) is 11.5 Å². The third kappa shape index (κ3) is 4.57. The monoisotopic (exact) mass is 229 g/mol. The van der Waals surface area contributed by atoms with Crippen LogP contribution in [0.5, 0.6) is 0 Å². The van der Waals surface area contributed by atoms with Crippen molar-refractivity contribution in [3.8, 4) is 0 Å². The van der Waals surface area contributed by atoms with Crippen LogP contribution >= 0.6 is 0 Å². The Morgan fingerprint density at radius 3 is 2.87 bits per heavy atom. The molecule has 0 aliphatic heterocycles. The molecule has 0 spiro atoms. The van der Waals surface area contributed by atoms with Crippen LogP contribution < -0.4 is 5.73 Å². The summed E-state index contributed by atoms with van der Waals surface area (Å²) in [5.41, 5.74) is 5.60. The van der Waals surface area contributed by atoms with Gasteiger partial charge < -0.3 is 10.3 Å². The molecule has 0 radical (unpaired) electrons. The van der Waals surface area contributed by atoms with Crippen molar-refractivity contribution in [3.63, 3.8) is 0 Å². The standard InChI is InChI=1S/C10H19N3OS/c1-9(11)3-7-15(14)8-4-10-12-5-6-13(10)2/h5-6,9H,3-4,7-8,11H2,1-2H3. The van der Waals surface area contributed by atoms with Crippen LogP contribution in [-0.4, -0.2) is 31.3 Å². The van der Waals surface area contributed by atoms with Crippen molar-refractivity contribution in [3.05, 3.63) is 18.2 Å². The van der Waals surface area contributed by atoms with Crippen molar-refractivity contribution >= 4 is 10.8 Å². The summed E-state index contributed by atoms with van der Waals surface area (Å²) in [5.74, 6) is 2.36. The lowest BCUT2D eigenvalue weighted by molar-refractivity contribution is 0.665. The number of aromatic nitrogens is 2. The topological polar surface area (TPSA) is 60.9 Å². The third-order valence-electron chi connectivity index (χ3n) is 2.28. The minimum Gasteiger partial charge on any atom is -0.338 e. The van der Waals surface area contributed by atoms with Gasteiger partial charge in [-0.15, -0.1) is 0 Å². The number of imidazole rings is 1. The first-order valence-corrected chi connectivity index (χ1v) is 6.65. The largest absolute Gasteiger partial charge is 0.338 e. The summed E-state index contributed by atoms with van der Waals surface area (Å²) in [7, 11) is 1.18. The van der Waals surface area contributed by atoms with Crippen LogP contribution in [0.25, 0.3) is 0 Å². The van der Waals surface area contributed by atoms with E-state index >= 15 is 0 Å². The number of nitrogens with zero attached hydrogens (tertiary/aromatic N) is 2. The van der Waals surface area contributed by atoms with Gasteiger partial charge in [-0.25, -0.2) is 4.98 Å². The molecule has 86 valence electrons. The van der Waals surface area contributed by atoms with Crippen LogP contribution in [0.3, 0.4) is 0 Å². The molecule has 4 nitrogen and oxygen atoms in total. The zero-order valence-electron chi connectivity index (χ0n) is 9.35. The SMILES string of the molecule is CC(N)CCS(=O)CCc1nccn1C. The zero-order valence-corrected chi connectivity index (χ0v) is 10.2. The van der Waals surface area contributed by atoms with Crippen molar-refractivity contribution in [1.82, 2.24) is 9.55 Å². The van der Waals surface area contributed by atoms with Gasteiger partial charge in [-0.3, -0.25) is 4.21 Å². The molecule has 1 rings (SSSR count). The van der Waals surface area contributed by atoms with Gasteiger partial charge in [0, 0.05) is 54.2 Å². The first-order chi connectivity index (χ1) is 7.09. The van der Waals surface area contributed by atoms with Crippen LogP contribution in [-0.2, 0) is 24.3 Å². The molecule has 2 atom stereocenters. The summed E-state index contributed by atoms with van der Waals surface area (Å²) in [6, 6.07) is 0.141. The minimum absolute atomic E-state index is 0.141. The molecule has 2 unspecified atom stereocenters. The third-order valence-corrected chi connectivity index (χ3v) is 3.63. The second-order valence-corrected chi connectivity index (χ2v) is 5.51. The Morgan fingerprint density at radius 2 is 2.33 bits per heavy atom. The maximum absolute atomic E-state index is 11.6. The van der Waals surface area contributed by atoms with Gasteiger partial charge in [0.1, 0.15) is 5.82 Å². The molecular formula is C10H19N3OS. The van der Waals surface area contributed by atoms with Crippen molar-refractivity contribution in [2.24, 2.45) is 12.8 Å². The normalized spacial score (nSPS) is 15.1. The van der Waals surface area contributed by atoms with Crippen LogP contribution in [0.1, 0.15) is 19.2 Å². The van der Waals surface area contributed by atoms with E-state index in [0.717, 1.165) is 18.7 Å². The van der Waals surface area contributed by atoms with E-state index in [1.54, 1.807) is 6.20 Å². The molecule has 0 saturated heterocycles. The summed E-state index contributed by atoms with van der Waals surface area (Å²) >= 11 is 0. The molecule has 0 amide bonds. The fourth-order valence-electron chi connectivity index (χ4n) is 1.26. The molecule has 1 aromatic heterocycles. The first kappa shape index (κ1) is 12.4. The van der Waals surface area contributed by atoms with E-state index in [1.165, 1.54) is 0 Å². The van der Waals surface area contributed by atoms with Gasteiger partial charge in [0.05, 0.1) is 0 Å². The fourth-order valence-corrected chi connectivity index (χ4v) is 2.51. The predicted octanol–water partition coefficient (Wildman–Crippen LogP) is 0.449. The minimum atomic E-state index is -0.767. The molecule has 0 aromatic carbocycles. The lowest BCUT2D eigenvalue weighted by atomic mass is 10.3. The fraction of sp³-hybridized carbons (Fsp3) is 0.700. The number of hydrogen-bond donors (Lipinski definition) is 1. The Balaban J connectivity index is 2.26. The number of hydrogen-bond acceptors (Lipinski definition) is 3. The molecule has 15 heavy (non-hydrogen) atoms. The molecule has 1 heterocycles. The van der Waals surface area contributed by atoms with Gasteiger partial charge in [-0.1, -0.05) is 0 Å². The average Bonchev–Trinajstić information content (AvgIpc) is 2.58. The second-order valence-electron chi connectivity index (χ2n) is 3.82. The molecule has 1 aromatic rings. The quantitative estimate of drug-likeness (QED) is 0.770. The molecule has 0 aliphatic carbocycles. The highest BCUT2D eigenvalue weighted by atomic mass is 32.2. The van der Waals surface area contributed by atoms with E-state index in [4.69, 9.17) is 5.73 Å². The van der Waals surface area contributed by atoms with E-state index in [-0.39, 0.29) is 6.04 Å². The molecule has 0 saturated carbocycles. The van der Waals surface area contributed by atoms with Crippen LogP contribution in [0.15, 0.2) is 12.4 Å². The Kier molecular flexibility index (Phi) is 4.98. The smallest absolute Gasteiger partial charge is 0.109 e. The van der Waals surface area contributed by atoms with E-state index in [2.05, 4.69) is 4.98 Å². The molecule has 0 aliphatic rings. The summed E-state index contributed by atoms with van der Waals surface area (Å²) in [4.78, 5) is 4.19. The van der Waals surface area contributed by atoms with Gasteiger partial charge in [-0.05, 0) is 13.3 Å². The van der Waals surface area contributed by atoms with E-state index < -0.39 is 10.8 Å². The zero-order chi connectivity index (χ0) is 11.3. The highest BCUT2D eigenvalue weighted by molar-refractivity contribution is 7.84. The molecule has 0 bridgehead atoms. The average molecular weight is 229 g/mol. The van der Waals surface area contributed by atoms with Crippen LogP contribution in [0.4, 0.5) is 0 Å². The van der Waals surface area contributed by atoms with E-state index in [9.17, 15) is 4.21 Å². The lowest BCUT2D eigenvalue weighted by Gasteiger charge is -2.05. The van der Waals surface area contributed by atoms with Gasteiger partial charge in [0.25, 0.3) is 0 Å². The maximum Gasteiger partial charge on any atom is 0.109 e. The van der Waals surface area contributed by atoms with Gasteiger partial charge in [0.2, 0.25) is 0 Å². The van der Waals surface area contributed by atoms with Crippen molar-refractivity contribution in [2.45, 2.75) is 25.8 Å². The second kappa shape index (κ2) is 6.02. The summed E-state index contributed by atoms with van der Waals surface area (Å²) in [6.45, 7) is 1.94. The Morgan fingerprint density at radius 1 is 1.60 bits per heavy atom. The first-order valence-electron chi connectivity index (χ1n) is 5.16. The Labute approximate surface area is 93.3 Å². The van der Waals surface area contributed by atoms with Gasteiger partial charge in [0.15, 0.2) is 0 Å². The van der Waals surface area contributed by atoms with Crippen molar-refractivity contribution < 1.29 is 4.21 Å². The Bertz CT molecular complexity index is 322. The summed E-state index contributed by atoms with van der Waals surface area (Å²) in [5, 5.41) is 0. The highest BCUT2D eigenvalue weighted by Gasteiger charge is 2.05. The number of aryl methyl sites for hydroxylation is 2. The van der Waals surface area contributed by atoms with E-state index in [0.29, 0.717) is 11.5 Å². The molecule has 0 fully saturated rings. The predicted molar refractivity (Wildman–Crippen MR) is 63.1 cm³/mol. The number of rotatable bonds is 6. The maximum atomic E-state index is 11.6. The summed E-state index contributed by atoms with van der Waals surface area (Å²) in [6.07, 6.45) is 5.27. The summed E-state index contributed by atoms with van der Waals surface area (Å²) < 4.78 is 13.5. The molecule has 5 heteroatoms. The molecular weight excluding hydrogens is 210 g/mol. The van der Waals surface area contributed by atoms with Crippen LogP contribution in [0.2, 0.25) is 0 Å². The highest BCUT2D eigenvalue weighted by Crippen LogP contribution is 1.99.